The van der Waals surface area contributed by atoms with Crippen molar-refractivity contribution < 1.29 is 9.59 Å². The molecule has 1 aliphatic heterocycles. The molecule has 5 nitrogen and oxygen atoms in total. The van der Waals surface area contributed by atoms with Crippen molar-refractivity contribution in [2.45, 2.75) is 46.6 Å². The number of carbonyl (C=O) groups excluding carboxylic acids is 2. The molecule has 1 fully saturated rings. The lowest BCUT2D eigenvalue weighted by Gasteiger charge is -2.33. The van der Waals surface area contributed by atoms with Crippen LogP contribution >= 0.6 is 0 Å². The van der Waals surface area contributed by atoms with Crippen LogP contribution in [0.4, 0.5) is 4.79 Å². The molecule has 0 bridgehead atoms. The predicted molar refractivity (Wildman–Crippen MR) is 96.1 cm³/mol. The van der Waals surface area contributed by atoms with E-state index in [1.165, 1.54) is 0 Å². The van der Waals surface area contributed by atoms with Gasteiger partial charge in [-0.25, -0.2) is 4.79 Å². The first kappa shape index (κ1) is 18.3. The van der Waals surface area contributed by atoms with Gasteiger partial charge >= 0.3 is 6.03 Å². The molecule has 2 N–H and O–H groups in total. The fraction of sp³-hybridized carbons (Fsp3) is 0.579. The van der Waals surface area contributed by atoms with Crippen molar-refractivity contribution >= 4 is 11.9 Å². The van der Waals surface area contributed by atoms with E-state index in [1.807, 2.05) is 36.1 Å². The summed E-state index contributed by atoms with van der Waals surface area (Å²) in [4.78, 5) is 26.4. The van der Waals surface area contributed by atoms with Gasteiger partial charge in [-0.1, -0.05) is 39.0 Å². The number of nitrogens with one attached hydrogen (secondary N) is 2. The van der Waals surface area contributed by atoms with Crippen molar-refractivity contribution in [3.8, 4) is 0 Å². The van der Waals surface area contributed by atoms with E-state index in [4.69, 9.17) is 0 Å². The fourth-order valence-corrected chi connectivity index (χ4v) is 2.79. The summed E-state index contributed by atoms with van der Waals surface area (Å²) in [6.45, 7) is 10.2. The van der Waals surface area contributed by atoms with Gasteiger partial charge in [0, 0.05) is 31.2 Å². The molecule has 0 spiro atoms. The first-order chi connectivity index (χ1) is 11.3. The van der Waals surface area contributed by atoms with E-state index >= 15 is 0 Å². The summed E-state index contributed by atoms with van der Waals surface area (Å²) < 4.78 is 0. The minimum atomic E-state index is -0.117. The maximum Gasteiger partial charge on any atom is 0.315 e. The van der Waals surface area contributed by atoms with Gasteiger partial charge in [-0.2, -0.15) is 0 Å². The number of benzene rings is 1. The van der Waals surface area contributed by atoms with Crippen LogP contribution in [-0.4, -0.2) is 42.5 Å². The Bertz CT molecular complexity index is 585. The summed E-state index contributed by atoms with van der Waals surface area (Å²) in [5.74, 6) is 0.0868. The lowest BCUT2D eigenvalue weighted by atomic mass is 9.97. The smallest absolute Gasteiger partial charge is 0.315 e. The van der Waals surface area contributed by atoms with E-state index in [2.05, 4.69) is 31.4 Å². The van der Waals surface area contributed by atoms with Crippen molar-refractivity contribution in [2.75, 3.05) is 19.6 Å². The predicted octanol–water partition coefficient (Wildman–Crippen LogP) is 2.94. The van der Waals surface area contributed by atoms with Gasteiger partial charge in [-0.05, 0) is 36.8 Å². The number of hydrogen-bond acceptors (Lipinski definition) is 2. The molecule has 0 aromatic heterocycles. The topological polar surface area (TPSA) is 61.4 Å². The van der Waals surface area contributed by atoms with Gasteiger partial charge in [-0.3, -0.25) is 4.79 Å². The zero-order valence-electron chi connectivity index (χ0n) is 15.2. The summed E-state index contributed by atoms with van der Waals surface area (Å²) in [7, 11) is 0. The van der Waals surface area contributed by atoms with Crippen molar-refractivity contribution in [3.05, 3.63) is 35.4 Å². The Balaban J connectivity index is 1.80. The Morgan fingerprint density at radius 2 is 1.79 bits per heavy atom. The number of rotatable bonds is 3. The van der Waals surface area contributed by atoms with E-state index in [0.717, 1.165) is 24.0 Å². The Morgan fingerprint density at radius 3 is 2.38 bits per heavy atom. The van der Waals surface area contributed by atoms with Crippen molar-refractivity contribution in [1.82, 2.24) is 15.5 Å². The number of likely N-dealkylation sites (tertiary alicyclic amines) is 1. The summed E-state index contributed by atoms with van der Waals surface area (Å²) >= 11 is 0. The number of hydrogen-bond donors (Lipinski definition) is 2. The number of piperidine rings is 1. The van der Waals surface area contributed by atoms with Crippen LogP contribution in [0.2, 0.25) is 0 Å². The van der Waals surface area contributed by atoms with Crippen LogP contribution in [0, 0.1) is 12.3 Å². The second kappa shape index (κ2) is 7.69. The average molecular weight is 331 g/mol. The Kier molecular flexibility index (Phi) is 5.86. The molecule has 1 aromatic rings. The molecule has 0 atom stereocenters. The third-order valence-electron chi connectivity index (χ3n) is 4.27. The Hall–Kier alpha value is -2.04. The van der Waals surface area contributed by atoms with E-state index in [1.54, 1.807) is 0 Å². The zero-order chi connectivity index (χ0) is 17.7. The number of carbonyl (C=O) groups is 2. The Morgan fingerprint density at radius 1 is 1.17 bits per heavy atom. The quantitative estimate of drug-likeness (QED) is 0.894. The van der Waals surface area contributed by atoms with E-state index in [0.29, 0.717) is 19.6 Å². The van der Waals surface area contributed by atoms with Crippen LogP contribution in [0.15, 0.2) is 24.3 Å². The van der Waals surface area contributed by atoms with Crippen LogP contribution in [0.5, 0.6) is 0 Å². The maximum atomic E-state index is 12.6. The molecular formula is C19H29N3O2. The molecule has 0 aliphatic carbocycles. The third kappa shape index (κ3) is 5.25. The highest BCUT2D eigenvalue weighted by atomic mass is 16.2. The van der Waals surface area contributed by atoms with Crippen LogP contribution in [0.1, 0.15) is 49.5 Å². The minimum absolute atomic E-state index is 0.0701. The number of urea groups is 1. The largest absolute Gasteiger partial charge is 0.338 e. The molecule has 24 heavy (non-hydrogen) atoms. The summed E-state index contributed by atoms with van der Waals surface area (Å²) in [5, 5.41) is 5.92. The van der Waals surface area contributed by atoms with Crippen LogP contribution in [-0.2, 0) is 0 Å². The van der Waals surface area contributed by atoms with E-state index in [9.17, 15) is 9.59 Å². The van der Waals surface area contributed by atoms with Gasteiger partial charge in [0.2, 0.25) is 0 Å². The van der Waals surface area contributed by atoms with Gasteiger partial charge < -0.3 is 15.5 Å². The van der Waals surface area contributed by atoms with E-state index in [-0.39, 0.29) is 23.4 Å². The SMILES string of the molecule is Cc1ccccc1C(=O)N1CCC(NC(=O)NCC(C)(C)C)CC1. The molecule has 3 amide bonds. The van der Waals surface area contributed by atoms with Crippen LogP contribution < -0.4 is 10.6 Å². The second-order valence-corrected chi connectivity index (χ2v) is 7.77. The standard InChI is InChI=1S/C19H29N3O2/c1-14-7-5-6-8-16(14)17(23)22-11-9-15(10-12-22)21-18(24)20-13-19(2,3)4/h5-8,15H,9-13H2,1-4H3,(H2,20,21,24). The molecular weight excluding hydrogens is 302 g/mol. The highest BCUT2D eigenvalue weighted by Crippen LogP contribution is 2.16. The van der Waals surface area contributed by atoms with Gasteiger partial charge in [0.05, 0.1) is 0 Å². The van der Waals surface area contributed by atoms with Gasteiger partial charge in [0.15, 0.2) is 0 Å². The lowest BCUT2D eigenvalue weighted by molar-refractivity contribution is 0.0707. The first-order valence-corrected chi connectivity index (χ1v) is 8.65. The molecule has 0 unspecified atom stereocenters. The van der Waals surface area contributed by atoms with Gasteiger partial charge in [0.1, 0.15) is 0 Å². The highest BCUT2D eigenvalue weighted by molar-refractivity contribution is 5.95. The lowest BCUT2D eigenvalue weighted by Crippen LogP contribution is -2.50. The third-order valence-corrected chi connectivity index (χ3v) is 4.27. The van der Waals surface area contributed by atoms with E-state index < -0.39 is 0 Å². The summed E-state index contributed by atoms with van der Waals surface area (Å²) in [6, 6.07) is 7.69. The van der Waals surface area contributed by atoms with Crippen molar-refractivity contribution in [2.24, 2.45) is 5.41 Å². The van der Waals surface area contributed by atoms with Crippen molar-refractivity contribution in [1.29, 1.82) is 0 Å². The monoisotopic (exact) mass is 331 g/mol. The number of amides is 3. The molecule has 1 heterocycles. The zero-order valence-corrected chi connectivity index (χ0v) is 15.2. The highest BCUT2D eigenvalue weighted by Gasteiger charge is 2.25. The molecule has 0 saturated carbocycles. The molecule has 1 aromatic carbocycles. The normalized spacial score (nSPS) is 15.9. The molecule has 2 rings (SSSR count). The molecule has 0 radical (unpaired) electrons. The molecule has 132 valence electrons. The molecule has 1 aliphatic rings. The summed E-state index contributed by atoms with van der Waals surface area (Å²) in [6.07, 6.45) is 1.58. The van der Waals surface area contributed by atoms with Crippen molar-refractivity contribution in [3.63, 3.8) is 0 Å². The molecule has 1 saturated heterocycles. The molecule has 5 heteroatoms. The first-order valence-electron chi connectivity index (χ1n) is 8.65. The van der Waals surface area contributed by atoms with Crippen LogP contribution in [0.25, 0.3) is 0 Å². The Labute approximate surface area is 144 Å². The minimum Gasteiger partial charge on any atom is -0.338 e. The second-order valence-electron chi connectivity index (χ2n) is 7.77. The van der Waals surface area contributed by atoms with Gasteiger partial charge in [-0.15, -0.1) is 0 Å². The number of aryl methyl sites for hydroxylation is 1. The average Bonchev–Trinajstić information content (AvgIpc) is 2.53. The number of nitrogens with zero attached hydrogens (tertiary/aromatic N) is 1. The van der Waals surface area contributed by atoms with Crippen LogP contribution in [0.3, 0.4) is 0 Å². The summed E-state index contributed by atoms with van der Waals surface area (Å²) in [5.41, 5.74) is 1.84. The van der Waals surface area contributed by atoms with Gasteiger partial charge in [0.25, 0.3) is 5.91 Å². The maximum absolute atomic E-state index is 12.6. The fourth-order valence-electron chi connectivity index (χ4n) is 2.79.